The summed E-state index contributed by atoms with van der Waals surface area (Å²) in [5, 5.41) is 4.38. The van der Waals surface area contributed by atoms with Crippen molar-refractivity contribution in [2.24, 2.45) is 11.8 Å². The van der Waals surface area contributed by atoms with Crippen molar-refractivity contribution < 1.29 is 23.2 Å². The van der Waals surface area contributed by atoms with Gasteiger partial charge >= 0.3 is 0 Å². The summed E-state index contributed by atoms with van der Waals surface area (Å²) in [7, 11) is 3.33. The largest absolute Gasteiger partial charge is 0.340 e. The third kappa shape index (κ3) is 7.79. The Labute approximate surface area is 237 Å². The number of nitrogens with one attached hydrogen (secondary N) is 2. The van der Waals surface area contributed by atoms with Crippen LogP contribution < -0.4 is 15.6 Å². The Hall–Kier alpha value is -2.46. The van der Waals surface area contributed by atoms with Crippen LogP contribution >= 0.6 is 35.6 Å². The lowest BCUT2D eigenvalue weighted by atomic mass is 9.90. The second kappa shape index (κ2) is 13.6. The van der Waals surface area contributed by atoms with E-state index in [2.05, 4.69) is 10.7 Å². The van der Waals surface area contributed by atoms with E-state index in [4.69, 9.17) is 23.2 Å². The molecule has 3 rings (SSSR count). The van der Waals surface area contributed by atoms with Crippen molar-refractivity contribution in [1.29, 1.82) is 0 Å². The van der Waals surface area contributed by atoms with Gasteiger partial charge in [-0.2, -0.15) is 0 Å². The number of halogens is 5. The molecule has 2 atom stereocenters. The molecule has 208 valence electrons. The maximum atomic E-state index is 14.2. The van der Waals surface area contributed by atoms with Crippen LogP contribution in [0.2, 0.25) is 10.0 Å². The molecule has 1 aliphatic rings. The summed E-state index contributed by atoms with van der Waals surface area (Å²) in [6.45, 7) is 3.85. The standard InChI is InChI=1S/C26H30Cl2F2N4O3.ClH/c1-14(2)23(26(37)32-33(3)4)31-25(36)17-10-19(27)24(20(28)11-17)34-13-15(5-8-22(34)35)9-16-6-7-18(29)12-21(16)30;/h6-7,10-12,14-15,23H,5,8-9,13H2,1-4H3,(H,31,36)(H,32,37);1H/t15?,23-;/m1./s1. The average molecular weight is 592 g/mol. The number of hydrogen-bond donors (Lipinski definition) is 2. The Morgan fingerprint density at radius 3 is 2.32 bits per heavy atom. The van der Waals surface area contributed by atoms with E-state index in [0.717, 1.165) is 6.07 Å². The number of carbonyl (C=O) groups excluding carboxylic acids is 3. The summed E-state index contributed by atoms with van der Waals surface area (Å²) < 4.78 is 27.4. The molecule has 1 saturated heterocycles. The van der Waals surface area contributed by atoms with Gasteiger partial charge in [0.1, 0.15) is 17.7 Å². The van der Waals surface area contributed by atoms with Crippen molar-refractivity contribution >= 4 is 59.0 Å². The molecule has 0 saturated carbocycles. The fourth-order valence-corrected chi connectivity index (χ4v) is 4.99. The minimum atomic E-state index is -0.802. The zero-order chi connectivity index (χ0) is 27.4. The Morgan fingerprint density at radius 1 is 1.13 bits per heavy atom. The van der Waals surface area contributed by atoms with E-state index in [9.17, 15) is 23.2 Å². The van der Waals surface area contributed by atoms with Crippen molar-refractivity contribution in [2.45, 2.75) is 39.2 Å². The smallest absolute Gasteiger partial charge is 0.257 e. The van der Waals surface area contributed by atoms with Crippen LogP contribution in [-0.4, -0.2) is 49.4 Å². The molecule has 2 aromatic rings. The van der Waals surface area contributed by atoms with Crippen LogP contribution in [0.15, 0.2) is 30.3 Å². The molecular weight excluding hydrogens is 561 g/mol. The van der Waals surface area contributed by atoms with E-state index in [0.29, 0.717) is 18.4 Å². The number of amides is 3. The molecule has 0 bridgehead atoms. The molecule has 7 nitrogen and oxygen atoms in total. The van der Waals surface area contributed by atoms with Crippen LogP contribution in [0, 0.1) is 23.5 Å². The van der Waals surface area contributed by atoms with Gasteiger partial charge < -0.3 is 10.2 Å². The van der Waals surface area contributed by atoms with Crippen LogP contribution in [0.3, 0.4) is 0 Å². The summed E-state index contributed by atoms with van der Waals surface area (Å²) in [4.78, 5) is 39.7. The Balaban J connectivity index is 0.00000507. The maximum Gasteiger partial charge on any atom is 0.257 e. The summed E-state index contributed by atoms with van der Waals surface area (Å²) in [5.74, 6) is -2.69. The van der Waals surface area contributed by atoms with Gasteiger partial charge in [-0.05, 0) is 48.4 Å². The molecule has 0 spiro atoms. The summed E-state index contributed by atoms with van der Waals surface area (Å²) in [5.41, 5.74) is 3.39. The topological polar surface area (TPSA) is 81.8 Å². The number of rotatable bonds is 8. The van der Waals surface area contributed by atoms with Crippen LogP contribution in [0.5, 0.6) is 0 Å². The van der Waals surface area contributed by atoms with Crippen molar-refractivity contribution in [1.82, 2.24) is 15.8 Å². The quantitative estimate of drug-likeness (QED) is 0.422. The van der Waals surface area contributed by atoms with Crippen LogP contribution in [0.25, 0.3) is 0 Å². The number of nitrogens with zero attached hydrogens (tertiary/aromatic N) is 2. The average Bonchev–Trinajstić information content (AvgIpc) is 2.79. The SMILES string of the molecule is CC(C)[C@@H](NC(=O)c1cc(Cl)c(N2CC(Cc3ccc(F)cc3F)CCC2=O)c(Cl)c1)C(=O)NN(C)C.Cl. The Morgan fingerprint density at radius 2 is 1.76 bits per heavy atom. The number of benzene rings is 2. The normalized spacial score (nSPS) is 16.3. The van der Waals surface area contributed by atoms with E-state index in [-0.39, 0.29) is 70.3 Å². The Bertz CT molecular complexity index is 1170. The minimum Gasteiger partial charge on any atom is -0.340 e. The number of hydrazine groups is 1. The molecule has 0 aliphatic carbocycles. The fraction of sp³-hybridized carbons (Fsp3) is 0.423. The molecule has 2 N–H and O–H groups in total. The highest BCUT2D eigenvalue weighted by atomic mass is 35.5. The van der Waals surface area contributed by atoms with Gasteiger partial charge in [0.05, 0.1) is 15.7 Å². The molecular formula is C26H31Cl3F2N4O3. The lowest BCUT2D eigenvalue weighted by molar-refractivity contribution is -0.127. The molecule has 1 aliphatic heterocycles. The fourth-order valence-electron chi connectivity index (χ4n) is 4.30. The molecule has 0 radical (unpaired) electrons. The second-order valence-corrected chi connectivity index (χ2v) is 10.5. The molecule has 12 heteroatoms. The molecule has 3 amide bonds. The number of hydrogen-bond acceptors (Lipinski definition) is 4. The molecule has 1 fully saturated rings. The van der Waals surface area contributed by atoms with Crippen molar-refractivity contribution in [3.63, 3.8) is 0 Å². The number of piperidine rings is 1. The van der Waals surface area contributed by atoms with E-state index >= 15 is 0 Å². The molecule has 38 heavy (non-hydrogen) atoms. The van der Waals surface area contributed by atoms with E-state index < -0.39 is 23.6 Å². The van der Waals surface area contributed by atoms with Gasteiger partial charge in [-0.3, -0.25) is 19.8 Å². The third-order valence-corrected chi connectivity index (χ3v) is 6.73. The third-order valence-electron chi connectivity index (χ3n) is 6.15. The molecule has 1 unspecified atom stereocenters. The molecule has 0 aromatic heterocycles. The molecule has 2 aromatic carbocycles. The van der Waals surface area contributed by atoms with Gasteiger partial charge in [0, 0.05) is 38.7 Å². The lowest BCUT2D eigenvalue weighted by Gasteiger charge is -2.34. The Kier molecular flexibility index (Phi) is 11.3. The van der Waals surface area contributed by atoms with E-state index in [1.165, 1.54) is 34.2 Å². The van der Waals surface area contributed by atoms with Gasteiger partial charge in [-0.1, -0.05) is 43.1 Å². The highest BCUT2D eigenvalue weighted by Gasteiger charge is 2.31. The summed E-state index contributed by atoms with van der Waals surface area (Å²) >= 11 is 13.0. The van der Waals surface area contributed by atoms with Crippen LogP contribution in [0.1, 0.15) is 42.6 Å². The predicted molar refractivity (Wildman–Crippen MR) is 147 cm³/mol. The van der Waals surface area contributed by atoms with Crippen LogP contribution in [-0.2, 0) is 16.0 Å². The summed E-state index contributed by atoms with van der Waals surface area (Å²) in [6.07, 6.45) is 1.06. The van der Waals surface area contributed by atoms with Crippen molar-refractivity contribution in [3.05, 3.63) is 63.1 Å². The first kappa shape index (κ1) is 31.8. The van der Waals surface area contributed by atoms with E-state index in [1.807, 2.05) is 0 Å². The monoisotopic (exact) mass is 590 g/mol. The lowest BCUT2D eigenvalue weighted by Crippen LogP contribution is -2.52. The van der Waals surface area contributed by atoms with Gasteiger partial charge in [0.15, 0.2) is 0 Å². The van der Waals surface area contributed by atoms with Crippen molar-refractivity contribution in [2.75, 3.05) is 25.5 Å². The summed E-state index contributed by atoms with van der Waals surface area (Å²) in [6, 6.07) is 5.44. The molecule has 1 heterocycles. The predicted octanol–water partition coefficient (Wildman–Crippen LogP) is 5.03. The first-order valence-corrected chi connectivity index (χ1v) is 12.6. The van der Waals surface area contributed by atoms with Crippen LogP contribution in [0.4, 0.5) is 14.5 Å². The zero-order valence-corrected chi connectivity index (χ0v) is 23.8. The maximum absolute atomic E-state index is 14.2. The van der Waals surface area contributed by atoms with Crippen molar-refractivity contribution in [3.8, 4) is 0 Å². The highest BCUT2D eigenvalue weighted by molar-refractivity contribution is 6.40. The first-order valence-electron chi connectivity index (χ1n) is 11.9. The highest BCUT2D eigenvalue weighted by Crippen LogP contribution is 2.38. The van der Waals surface area contributed by atoms with Gasteiger partial charge in [0.25, 0.3) is 11.8 Å². The minimum absolute atomic E-state index is 0. The van der Waals surface area contributed by atoms with Gasteiger partial charge in [-0.25, -0.2) is 13.8 Å². The van der Waals surface area contributed by atoms with Gasteiger partial charge in [-0.15, -0.1) is 12.4 Å². The number of anilines is 1. The van der Waals surface area contributed by atoms with E-state index in [1.54, 1.807) is 27.9 Å². The zero-order valence-electron chi connectivity index (χ0n) is 21.5. The first-order chi connectivity index (χ1) is 17.4. The number of carbonyl (C=O) groups is 3. The second-order valence-electron chi connectivity index (χ2n) is 9.70. The van der Waals surface area contributed by atoms with Gasteiger partial charge in [0.2, 0.25) is 5.91 Å².